The Morgan fingerprint density at radius 2 is 1.59 bits per heavy atom. The lowest BCUT2D eigenvalue weighted by Gasteiger charge is -2.29. The molecule has 0 bridgehead atoms. The van der Waals surface area contributed by atoms with E-state index < -0.39 is 18.0 Å². The van der Waals surface area contributed by atoms with Crippen molar-refractivity contribution in [2.75, 3.05) is 26.4 Å². The maximum atomic E-state index is 12.2. The van der Waals surface area contributed by atoms with E-state index in [2.05, 4.69) is 34.9 Å². The van der Waals surface area contributed by atoms with E-state index in [0.717, 1.165) is 24.0 Å². The van der Waals surface area contributed by atoms with Crippen LogP contribution in [0.3, 0.4) is 0 Å². The Morgan fingerprint density at radius 3 is 2.26 bits per heavy atom. The normalized spacial score (nSPS) is 19.1. The minimum Gasteiger partial charge on any atom is -0.481 e. The van der Waals surface area contributed by atoms with Gasteiger partial charge < -0.3 is 25.2 Å². The molecule has 0 aromatic heterocycles. The molecule has 0 saturated heterocycles. The predicted octanol–water partition coefficient (Wildman–Crippen LogP) is 3.30. The van der Waals surface area contributed by atoms with Crippen LogP contribution in [0.2, 0.25) is 0 Å². The van der Waals surface area contributed by atoms with Crippen LogP contribution < -0.4 is 10.6 Å². The second kappa shape index (κ2) is 11.2. The highest BCUT2D eigenvalue weighted by molar-refractivity contribution is 5.80. The fraction of sp³-hybridized carbons (Fsp3) is 0.423. The molecule has 3 N–H and O–H groups in total. The van der Waals surface area contributed by atoms with Crippen molar-refractivity contribution in [2.24, 2.45) is 5.92 Å². The number of carbonyl (C=O) groups excluding carboxylic acids is 2. The summed E-state index contributed by atoms with van der Waals surface area (Å²) in [6.45, 7) is 0.389. The Kier molecular flexibility index (Phi) is 7.80. The lowest BCUT2D eigenvalue weighted by atomic mass is 9.84. The molecule has 0 radical (unpaired) electrons. The molecular weight excluding hydrogens is 436 g/mol. The van der Waals surface area contributed by atoms with Gasteiger partial charge in [0.1, 0.15) is 13.2 Å². The van der Waals surface area contributed by atoms with Crippen molar-refractivity contribution in [1.29, 1.82) is 0 Å². The predicted molar refractivity (Wildman–Crippen MR) is 125 cm³/mol. The number of aliphatic carboxylic acids is 1. The lowest BCUT2D eigenvalue weighted by molar-refractivity contribution is -0.144. The number of benzene rings is 2. The molecule has 0 spiro atoms. The summed E-state index contributed by atoms with van der Waals surface area (Å²) in [6.07, 6.45) is 2.46. The highest BCUT2D eigenvalue weighted by atomic mass is 16.5. The van der Waals surface area contributed by atoms with Crippen LogP contribution in [0.15, 0.2) is 48.5 Å². The van der Waals surface area contributed by atoms with Crippen LogP contribution in [-0.4, -0.2) is 55.5 Å². The van der Waals surface area contributed by atoms with E-state index in [1.807, 2.05) is 24.3 Å². The van der Waals surface area contributed by atoms with Gasteiger partial charge in [-0.25, -0.2) is 4.79 Å². The van der Waals surface area contributed by atoms with Crippen molar-refractivity contribution in [3.05, 3.63) is 59.7 Å². The highest BCUT2D eigenvalue weighted by Crippen LogP contribution is 2.44. The Hall–Kier alpha value is -3.39. The lowest BCUT2D eigenvalue weighted by Crippen LogP contribution is -2.46. The number of alkyl carbamates (subject to hydrolysis) is 1. The minimum atomic E-state index is -0.877. The molecule has 34 heavy (non-hydrogen) atoms. The van der Waals surface area contributed by atoms with E-state index in [9.17, 15) is 19.5 Å². The summed E-state index contributed by atoms with van der Waals surface area (Å²) in [5.74, 6) is -1.78. The number of fused-ring (bicyclic) bond motifs is 3. The second-order valence-electron chi connectivity index (χ2n) is 8.71. The Morgan fingerprint density at radius 1 is 0.941 bits per heavy atom. The second-order valence-corrected chi connectivity index (χ2v) is 8.71. The minimum absolute atomic E-state index is 0.00693. The number of carboxylic acids is 1. The van der Waals surface area contributed by atoms with Gasteiger partial charge in [-0.1, -0.05) is 61.4 Å². The van der Waals surface area contributed by atoms with E-state index in [1.165, 1.54) is 11.1 Å². The molecule has 8 nitrogen and oxygen atoms in total. The Balaban J connectivity index is 1.15. The summed E-state index contributed by atoms with van der Waals surface area (Å²) in [6, 6.07) is 15.9. The topological polar surface area (TPSA) is 114 Å². The first-order valence-electron chi connectivity index (χ1n) is 11.7. The van der Waals surface area contributed by atoms with Crippen LogP contribution in [-0.2, 0) is 19.1 Å². The standard InChI is InChI=1S/C26H30N2O6/c29-24(28-23-12-6-5-11-21(23)25(30)31)16-33-14-13-27-26(32)34-15-22-19-9-3-1-7-17(19)18-8-2-4-10-20(18)22/h1-4,7-10,21-23H,5-6,11-16H2,(H,27,32)(H,28,29)(H,30,31). The summed E-state index contributed by atoms with van der Waals surface area (Å²) in [5, 5.41) is 14.7. The summed E-state index contributed by atoms with van der Waals surface area (Å²) in [7, 11) is 0. The van der Waals surface area contributed by atoms with Crippen LogP contribution in [0, 0.1) is 5.92 Å². The maximum absolute atomic E-state index is 12.2. The first-order valence-corrected chi connectivity index (χ1v) is 11.7. The van der Waals surface area contributed by atoms with Gasteiger partial charge >= 0.3 is 12.1 Å². The zero-order valence-electron chi connectivity index (χ0n) is 19.0. The zero-order chi connectivity index (χ0) is 23.9. The van der Waals surface area contributed by atoms with E-state index in [-0.39, 0.29) is 44.2 Å². The molecule has 2 amide bonds. The maximum Gasteiger partial charge on any atom is 0.407 e. The van der Waals surface area contributed by atoms with Crippen LogP contribution >= 0.6 is 0 Å². The average Bonchev–Trinajstić information content (AvgIpc) is 3.16. The molecular formula is C26H30N2O6. The van der Waals surface area contributed by atoms with Gasteiger partial charge in [0, 0.05) is 18.5 Å². The van der Waals surface area contributed by atoms with Crippen molar-refractivity contribution in [1.82, 2.24) is 10.6 Å². The number of nitrogens with one attached hydrogen (secondary N) is 2. The van der Waals surface area contributed by atoms with Crippen molar-refractivity contribution < 1.29 is 29.0 Å². The van der Waals surface area contributed by atoms with Crippen molar-refractivity contribution in [2.45, 2.75) is 37.6 Å². The van der Waals surface area contributed by atoms with E-state index in [1.54, 1.807) is 0 Å². The third-order valence-electron chi connectivity index (χ3n) is 6.52. The first-order chi connectivity index (χ1) is 16.5. The molecule has 180 valence electrons. The fourth-order valence-electron chi connectivity index (χ4n) is 4.89. The number of carboxylic acid groups (broad SMARTS) is 1. The third-order valence-corrected chi connectivity index (χ3v) is 6.52. The largest absolute Gasteiger partial charge is 0.481 e. The van der Waals surface area contributed by atoms with E-state index in [4.69, 9.17) is 9.47 Å². The summed E-state index contributed by atoms with van der Waals surface area (Å²) in [5.41, 5.74) is 4.63. The molecule has 2 aromatic carbocycles. The average molecular weight is 467 g/mol. The molecule has 2 aliphatic carbocycles. The van der Waals surface area contributed by atoms with Crippen LogP contribution in [0.25, 0.3) is 11.1 Å². The van der Waals surface area contributed by atoms with Gasteiger partial charge in [-0.2, -0.15) is 0 Å². The monoisotopic (exact) mass is 466 g/mol. The van der Waals surface area contributed by atoms with Gasteiger partial charge in [-0.15, -0.1) is 0 Å². The van der Waals surface area contributed by atoms with E-state index in [0.29, 0.717) is 12.8 Å². The molecule has 8 heteroatoms. The molecule has 1 fully saturated rings. The number of carbonyl (C=O) groups is 3. The fourth-order valence-corrected chi connectivity index (χ4v) is 4.89. The molecule has 2 aromatic rings. The molecule has 4 rings (SSSR count). The van der Waals surface area contributed by atoms with Gasteiger partial charge in [0.05, 0.1) is 12.5 Å². The van der Waals surface area contributed by atoms with Crippen LogP contribution in [0.5, 0.6) is 0 Å². The number of hydrogen-bond acceptors (Lipinski definition) is 5. The summed E-state index contributed by atoms with van der Waals surface area (Å²) in [4.78, 5) is 35.6. The number of amides is 2. The van der Waals surface area contributed by atoms with E-state index >= 15 is 0 Å². The Labute approximate surface area is 198 Å². The molecule has 2 unspecified atom stereocenters. The molecule has 0 aliphatic heterocycles. The molecule has 2 atom stereocenters. The number of rotatable bonds is 9. The van der Waals surface area contributed by atoms with Gasteiger partial charge in [0.25, 0.3) is 0 Å². The van der Waals surface area contributed by atoms with Crippen molar-refractivity contribution >= 4 is 18.0 Å². The highest BCUT2D eigenvalue weighted by Gasteiger charge is 2.32. The van der Waals surface area contributed by atoms with Crippen LogP contribution in [0.4, 0.5) is 4.79 Å². The van der Waals surface area contributed by atoms with Crippen LogP contribution in [0.1, 0.15) is 42.7 Å². The zero-order valence-corrected chi connectivity index (χ0v) is 19.0. The third kappa shape index (κ3) is 5.56. The molecule has 0 heterocycles. The van der Waals surface area contributed by atoms with Gasteiger partial charge in [-0.3, -0.25) is 9.59 Å². The molecule has 1 saturated carbocycles. The first kappa shape index (κ1) is 23.8. The smallest absolute Gasteiger partial charge is 0.407 e. The summed E-state index contributed by atoms with van der Waals surface area (Å²) >= 11 is 0. The SMILES string of the molecule is O=C(COCCNC(=O)OCC1c2ccccc2-c2ccccc21)NC1CCCCC1C(=O)O. The number of hydrogen-bond donors (Lipinski definition) is 3. The van der Waals surface area contributed by atoms with Gasteiger partial charge in [-0.05, 0) is 35.1 Å². The van der Waals surface area contributed by atoms with Crippen molar-refractivity contribution in [3.63, 3.8) is 0 Å². The number of ether oxygens (including phenoxy) is 2. The Bertz CT molecular complexity index is 994. The van der Waals surface area contributed by atoms with Gasteiger partial charge in [0.15, 0.2) is 0 Å². The van der Waals surface area contributed by atoms with Crippen molar-refractivity contribution in [3.8, 4) is 11.1 Å². The molecule has 2 aliphatic rings. The summed E-state index contributed by atoms with van der Waals surface area (Å²) < 4.78 is 10.8. The van der Waals surface area contributed by atoms with Gasteiger partial charge in [0.2, 0.25) is 5.91 Å². The quantitative estimate of drug-likeness (QED) is 0.489.